The summed E-state index contributed by atoms with van der Waals surface area (Å²) in [4.78, 5) is 10.8. The van der Waals surface area contributed by atoms with Gasteiger partial charge in [0.15, 0.2) is 0 Å². The fraction of sp³-hybridized carbons (Fsp3) is 0.889. The van der Waals surface area contributed by atoms with E-state index in [4.69, 9.17) is 25.8 Å². The minimum atomic E-state index is -0.409. The van der Waals surface area contributed by atoms with Crippen molar-refractivity contribution in [2.24, 2.45) is 5.92 Å². The van der Waals surface area contributed by atoms with Crippen LogP contribution in [0.5, 0.6) is 0 Å². The number of esters is 1. The highest BCUT2D eigenvalue weighted by Crippen LogP contribution is 2.25. The lowest BCUT2D eigenvalue weighted by molar-refractivity contribution is -0.220. The highest BCUT2D eigenvalue weighted by molar-refractivity contribution is 6.26. The summed E-state index contributed by atoms with van der Waals surface area (Å²) in [6, 6.07) is 0. The van der Waals surface area contributed by atoms with Crippen LogP contribution in [0.4, 0.5) is 0 Å². The van der Waals surface area contributed by atoms with Crippen LogP contribution >= 0.6 is 11.6 Å². The number of ether oxygens (including phenoxy) is 3. The van der Waals surface area contributed by atoms with E-state index in [0.717, 1.165) is 0 Å². The first-order valence-corrected chi connectivity index (χ1v) is 5.03. The third-order valence-corrected chi connectivity index (χ3v) is 2.59. The standard InChI is InChI=1S/C9H15ClO4/c1-9(2)7(4-12-6-14-9)5-13-8(11)3-10/h7H,3-6H2,1-2H3/t7-/m0/s1. The van der Waals surface area contributed by atoms with Gasteiger partial charge < -0.3 is 14.2 Å². The molecule has 0 N–H and O–H groups in total. The third kappa shape index (κ3) is 3.12. The van der Waals surface area contributed by atoms with Crippen molar-refractivity contribution in [3.63, 3.8) is 0 Å². The summed E-state index contributed by atoms with van der Waals surface area (Å²) in [6.45, 7) is 5.04. The van der Waals surface area contributed by atoms with Crippen molar-refractivity contribution in [1.82, 2.24) is 0 Å². The monoisotopic (exact) mass is 222 g/mol. The van der Waals surface area contributed by atoms with Crippen molar-refractivity contribution < 1.29 is 19.0 Å². The maximum Gasteiger partial charge on any atom is 0.320 e. The predicted octanol–water partition coefficient (Wildman–Crippen LogP) is 1.17. The molecule has 82 valence electrons. The zero-order valence-corrected chi connectivity index (χ0v) is 9.17. The summed E-state index contributed by atoms with van der Waals surface area (Å²) < 4.78 is 15.5. The first kappa shape index (κ1) is 11.8. The first-order chi connectivity index (χ1) is 6.56. The molecule has 1 fully saturated rings. The number of alkyl halides is 1. The number of carbonyl (C=O) groups excluding carboxylic acids is 1. The Balaban J connectivity index is 2.38. The molecule has 0 amide bonds. The van der Waals surface area contributed by atoms with Crippen LogP contribution in [0.2, 0.25) is 0 Å². The lowest BCUT2D eigenvalue weighted by atomic mass is 9.91. The van der Waals surface area contributed by atoms with E-state index in [0.29, 0.717) is 20.0 Å². The summed E-state index contributed by atoms with van der Waals surface area (Å²) >= 11 is 5.30. The van der Waals surface area contributed by atoms with E-state index in [1.165, 1.54) is 0 Å². The zero-order valence-electron chi connectivity index (χ0n) is 8.42. The summed E-state index contributed by atoms with van der Waals surface area (Å²) in [6.07, 6.45) is 0. The molecule has 0 bridgehead atoms. The topological polar surface area (TPSA) is 44.8 Å². The second-order valence-corrected chi connectivity index (χ2v) is 4.02. The average molecular weight is 223 g/mol. The van der Waals surface area contributed by atoms with E-state index in [1.807, 2.05) is 13.8 Å². The Bertz CT molecular complexity index is 205. The molecule has 1 saturated heterocycles. The summed E-state index contributed by atoms with van der Waals surface area (Å²) in [5, 5.41) is 0. The van der Waals surface area contributed by atoms with Gasteiger partial charge in [-0.15, -0.1) is 11.6 Å². The van der Waals surface area contributed by atoms with Gasteiger partial charge in [0.1, 0.15) is 12.7 Å². The molecular weight excluding hydrogens is 208 g/mol. The van der Waals surface area contributed by atoms with E-state index in [1.54, 1.807) is 0 Å². The maximum absolute atomic E-state index is 10.8. The van der Waals surface area contributed by atoms with Gasteiger partial charge in [-0.25, -0.2) is 0 Å². The molecule has 0 aliphatic carbocycles. The van der Waals surface area contributed by atoms with Gasteiger partial charge in [0, 0.05) is 5.92 Å². The van der Waals surface area contributed by atoms with E-state index in [-0.39, 0.29) is 17.4 Å². The van der Waals surface area contributed by atoms with Crippen molar-refractivity contribution in [2.75, 3.05) is 25.9 Å². The van der Waals surface area contributed by atoms with Crippen molar-refractivity contribution in [3.05, 3.63) is 0 Å². The molecular formula is C9H15ClO4. The smallest absolute Gasteiger partial charge is 0.320 e. The Hall–Kier alpha value is -0.320. The normalized spacial score (nSPS) is 25.8. The van der Waals surface area contributed by atoms with Gasteiger partial charge in [0.25, 0.3) is 0 Å². The van der Waals surface area contributed by atoms with Crippen LogP contribution in [0.15, 0.2) is 0 Å². The van der Waals surface area contributed by atoms with Crippen molar-refractivity contribution in [3.8, 4) is 0 Å². The molecule has 4 nitrogen and oxygen atoms in total. The molecule has 0 aromatic carbocycles. The molecule has 1 heterocycles. The second kappa shape index (κ2) is 4.96. The van der Waals surface area contributed by atoms with Crippen LogP contribution in [-0.2, 0) is 19.0 Å². The summed E-state index contributed by atoms with van der Waals surface area (Å²) in [7, 11) is 0. The average Bonchev–Trinajstić information content (AvgIpc) is 2.15. The zero-order chi connectivity index (χ0) is 10.6. The fourth-order valence-corrected chi connectivity index (χ4v) is 1.26. The minimum Gasteiger partial charge on any atom is -0.464 e. The number of carbonyl (C=O) groups is 1. The second-order valence-electron chi connectivity index (χ2n) is 3.75. The molecule has 5 heteroatoms. The lowest BCUT2D eigenvalue weighted by Crippen LogP contribution is -2.45. The summed E-state index contributed by atoms with van der Waals surface area (Å²) in [5.74, 6) is -0.467. The quantitative estimate of drug-likeness (QED) is 0.531. The van der Waals surface area contributed by atoms with Gasteiger partial charge >= 0.3 is 5.97 Å². The minimum absolute atomic E-state index is 0.0587. The van der Waals surface area contributed by atoms with Crippen LogP contribution in [0.25, 0.3) is 0 Å². The highest BCUT2D eigenvalue weighted by atomic mass is 35.5. The molecule has 1 rings (SSSR count). The third-order valence-electron chi connectivity index (χ3n) is 2.37. The largest absolute Gasteiger partial charge is 0.464 e. The van der Waals surface area contributed by atoms with E-state index in [2.05, 4.69) is 0 Å². The van der Waals surface area contributed by atoms with Crippen LogP contribution in [0.1, 0.15) is 13.8 Å². The van der Waals surface area contributed by atoms with Gasteiger partial charge in [-0.05, 0) is 13.8 Å². The van der Waals surface area contributed by atoms with Gasteiger partial charge in [0.05, 0.1) is 18.8 Å². The Morgan fingerprint density at radius 3 is 2.93 bits per heavy atom. The Kier molecular flexibility index (Phi) is 4.16. The molecule has 1 aliphatic heterocycles. The molecule has 1 atom stereocenters. The van der Waals surface area contributed by atoms with Crippen molar-refractivity contribution >= 4 is 17.6 Å². The van der Waals surface area contributed by atoms with Crippen molar-refractivity contribution in [2.45, 2.75) is 19.4 Å². The maximum atomic E-state index is 10.8. The van der Waals surface area contributed by atoms with Crippen molar-refractivity contribution in [1.29, 1.82) is 0 Å². The first-order valence-electron chi connectivity index (χ1n) is 4.49. The lowest BCUT2D eigenvalue weighted by Gasteiger charge is -2.37. The fourth-order valence-electron chi connectivity index (χ4n) is 1.18. The molecule has 1 aliphatic rings. The molecule has 0 aromatic rings. The number of hydrogen-bond acceptors (Lipinski definition) is 4. The molecule has 14 heavy (non-hydrogen) atoms. The molecule has 0 unspecified atom stereocenters. The van der Waals surface area contributed by atoms with Crippen LogP contribution < -0.4 is 0 Å². The van der Waals surface area contributed by atoms with Crippen LogP contribution in [0, 0.1) is 5.92 Å². The summed E-state index contributed by atoms with van der Waals surface area (Å²) in [5.41, 5.74) is -0.315. The number of hydrogen-bond donors (Lipinski definition) is 0. The number of rotatable bonds is 3. The SMILES string of the molecule is CC1(C)OCOC[C@H]1COC(=O)CCl. The Morgan fingerprint density at radius 2 is 2.36 bits per heavy atom. The van der Waals surface area contributed by atoms with Crippen LogP contribution in [0.3, 0.4) is 0 Å². The van der Waals surface area contributed by atoms with Gasteiger partial charge in [0.2, 0.25) is 0 Å². The molecule has 0 saturated carbocycles. The Labute approximate surface area is 88.5 Å². The van der Waals surface area contributed by atoms with E-state index in [9.17, 15) is 4.79 Å². The van der Waals surface area contributed by atoms with E-state index >= 15 is 0 Å². The molecule has 0 aromatic heterocycles. The van der Waals surface area contributed by atoms with E-state index < -0.39 is 5.97 Å². The molecule has 0 radical (unpaired) electrons. The highest BCUT2D eigenvalue weighted by Gasteiger charge is 2.34. The van der Waals surface area contributed by atoms with Gasteiger partial charge in [-0.3, -0.25) is 4.79 Å². The predicted molar refractivity (Wildman–Crippen MR) is 51.2 cm³/mol. The van der Waals surface area contributed by atoms with Crippen LogP contribution in [-0.4, -0.2) is 37.5 Å². The van der Waals surface area contributed by atoms with Gasteiger partial charge in [-0.2, -0.15) is 0 Å². The van der Waals surface area contributed by atoms with Gasteiger partial charge in [-0.1, -0.05) is 0 Å². The number of halogens is 1. The molecule has 0 spiro atoms. The Morgan fingerprint density at radius 1 is 1.64 bits per heavy atom.